The van der Waals surface area contributed by atoms with E-state index in [1.165, 1.54) is 0 Å². The van der Waals surface area contributed by atoms with E-state index < -0.39 is 0 Å². The van der Waals surface area contributed by atoms with Crippen LogP contribution in [-0.2, 0) is 4.79 Å². The van der Waals surface area contributed by atoms with Crippen LogP contribution in [0.15, 0.2) is 36.4 Å². The lowest BCUT2D eigenvalue weighted by Crippen LogP contribution is -2.13. The van der Waals surface area contributed by atoms with Crippen LogP contribution in [-0.4, -0.2) is 12.5 Å². The Bertz CT molecular complexity index is 704. The maximum Gasteiger partial charge on any atom is 0.224 e. The molecule has 0 bridgehead atoms. The number of hydrogen-bond acceptors (Lipinski definition) is 2. The van der Waals surface area contributed by atoms with E-state index in [0.29, 0.717) is 40.2 Å². The maximum absolute atomic E-state index is 11.9. The zero-order valence-corrected chi connectivity index (χ0v) is 14.8. The lowest BCUT2D eigenvalue weighted by molar-refractivity contribution is -0.116. The Kier molecular flexibility index (Phi) is 6.58. The highest BCUT2D eigenvalue weighted by atomic mass is 35.5. The summed E-state index contributed by atoms with van der Waals surface area (Å²) in [5.41, 5.74) is 1.48. The molecule has 0 spiro atoms. The second kappa shape index (κ2) is 8.44. The van der Waals surface area contributed by atoms with Gasteiger partial charge in [-0.1, -0.05) is 40.9 Å². The maximum atomic E-state index is 11.9. The average molecular weight is 373 g/mol. The van der Waals surface area contributed by atoms with Gasteiger partial charge in [0.15, 0.2) is 0 Å². The Morgan fingerprint density at radius 1 is 1.17 bits per heavy atom. The van der Waals surface area contributed by atoms with Gasteiger partial charge in [0.05, 0.1) is 22.3 Å². The molecule has 6 heteroatoms. The van der Waals surface area contributed by atoms with Crippen molar-refractivity contribution in [2.45, 2.75) is 19.8 Å². The fourth-order valence-corrected chi connectivity index (χ4v) is 2.58. The highest BCUT2D eigenvalue weighted by Crippen LogP contribution is 2.29. The number of carbonyl (C=O) groups is 1. The molecule has 2 aromatic rings. The van der Waals surface area contributed by atoms with Gasteiger partial charge < -0.3 is 10.1 Å². The van der Waals surface area contributed by atoms with Gasteiger partial charge in [-0.2, -0.15) is 0 Å². The van der Waals surface area contributed by atoms with Gasteiger partial charge in [-0.05, 0) is 49.2 Å². The van der Waals surface area contributed by atoms with E-state index in [4.69, 9.17) is 39.5 Å². The molecule has 0 aliphatic carbocycles. The molecule has 0 radical (unpaired) electrons. The lowest BCUT2D eigenvalue weighted by Gasteiger charge is -2.10. The van der Waals surface area contributed by atoms with Crippen molar-refractivity contribution in [2.75, 3.05) is 11.9 Å². The molecule has 0 aromatic heterocycles. The van der Waals surface area contributed by atoms with Gasteiger partial charge in [-0.3, -0.25) is 4.79 Å². The average Bonchev–Trinajstić information content (AvgIpc) is 2.50. The molecule has 1 amide bonds. The number of amides is 1. The van der Waals surface area contributed by atoms with Gasteiger partial charge >= 0.3 is 0 Å². The number of benzene rings is 2. The quantitative estimate of drug-likeness (QED) is 0.655. The monoisotopic (exact) mass is 371 g/mol. The molecule has 0 saturated heterocycles. The van der Waals surface area contributed by atoms with Crippen molar-refractivity contribution in [3.05, 3.63) is 57.0 Å². The predicted molar refractivity (Wildman–Crippen MR) is 96.0 cm³/mol. The second-order valence-corrected chi connectivity index (χ2v) is 6.23. The zero-order valence-electron chi connectivity index (χ0n) is 12.5. The van der Waals surface area contributed by atoms with E-state index in [1.54, 1.807) is 24.3 Å². The fraction of sp³-hybridized carbons (Fsp3) is 0.235. The van der Waals surface area contributed by atoms with Crippen LogP contribution >= 0.6 is 34.8 Å². The standard InChI is InChI=1S/C17H16Cl3NO2/c1-11-10-12(18)7-8-15(11)23-9-3-6-16(22)21-14-5-2-4-13(19)17(14)20/h2,4-5,7-8,10H,3,6,9H2,1H3,(H,21,22). The number of nitrogens with one attached hydrogen (secondary N) is 1. The molecule has 122 valence electrons. The molecule has 3 nitrogen and oxygen atoms in total. The number of ether oxygens (including phenoxy) is 1. The second-order valence-electron chi connectivity index (χ2n) is 5.01. The van der Waals surface area contributed by atoms with Gasteiger partial charge in [-0.25, -0.2) is 0 Å². The molecule has 0 aliphatic rings. The van der Waals surface area contributed by atoms with Crippen molar-refractivity contribution >= 4 is 46.4 Å². The summed E-state index contributed by atoms with van der Waals surface area (Å²) >= 11 is 17.8. The number of rotatable bonds is 6. The van der Waals surface area contributed by atoms with Crippen LogP contribution in [0.3, 0.4) is 0 Å². The molecule has 23 heavy (non-hydrogen) atoms. The molecular weight excluding hydrogens is 357 g/mol. The fourth-order valence-electron chi connectivity index (χ4n) is 2.00. The Morgan fingerprint density at radius 2 is 1.96 bits per heavy atom. The first-order valence-electron chi connectivity index (χ1n) is 7.10. The third-order valence-electron chi connectivity index (χ3n) is 3.17. The third-order valence-corrected chi connectivity index (χ3v) is 4.22. The summed E-state index contributed by atoms with van der Waals surface area (Å²) in [4.78, 5) is 11.9. The van der Waals surface area contributed by atoms with Crippen molar-refractivity contribution < 1.29 is 9.53 Å². The van der Waals surface area contributed by atoms with Crippen LogP contribution in [0.4, 0.5) is 5.69 Å². The molecule has 1 N–H and O–H groups in total. The smallest absolute Gasteiger partial charge is 0.224 e. The summed E-state index contributed by atoms with van der Waals surface area (Å²) in [6, 6.07) is 10.5. The van der Waals surface area contributed by atoms with Crippen LogP contribution in [0.2, 0.25) is 15.1 Å². The van der Waals surface area contributed by atoms with Crippen LogP contribution in [0.1, 0.15) is 18.4 Å². The summed E-state index contributed by atoms with van der Waals surface area (Å²) in [6.45, 7) is 2.37. The van der Waals surface area contributed by atoms with E-state index in [-0.39, 0.29) is 5.91 Å². The van der Waals surface area contributed by atoms with Crippen molar-refractivity contribution in [3.63, 3.8) is 0 Å². The topological polar surface area (TPSA) is 38.3 Å². The van der Waals surface area contributed by atoms with Crippen LogP contribution < -0.4 is 10.1 Å². The van der Waals surface area contributed by atoms with Crippen LogP contribution in [0.5, 0.6) is 5.75 Å². The Balaban J connectivity index is 1.78. The molecular formula is C17H16Cl3NO2. The van der Waals surface area contributed by atoms with Crippen molar-refractivity contribution in [1.82, 2.24) is 0 Å². The van der Waals surface area contributed by atoms with Crippen molar-refractivity contribution in [2.24, 2.45) is 0 Å². The normalized spacial score (nSPS) is 10.4. The predicted octanol–water partition coefficient (Wildman–Crippen LogP) is 5.75. The largest absolute Gasteiger partial charge is 0.493 e. The minimum Gasteiger partial charge on any atom is -0.493 e. The van der Waals surface area contributed by atoms with Gasteiger partial charge in [0, 0.05) is 11.4 Å². The highest BCUT2D eigenvalue weighted by Gasteiger charge is 2.08. The van der Waals surface area contributed by atoms with Crippen LogP contribution in [0, 0.1) is 6.92 Å². The Labute approximate surface area is 150 Å². The van der Waals surface area contributed by atoms with Crippen LogP contribution in [0.25, 0.3) is 0 Å². The molecule has 0 fully saturated rings. The minimum absolute atomic E-state index is 0.134. The summed E-state index contributed by atoms with van der Waals surface area (Å²) in [7, 11) is 0. The summed E-state index contributed by atoms with van der Waals surface area (Å²) in [5.74, 6) is 0.637. The first kappa shape index (κ1) is 17.9. The summed E-state index contributed by atoms with van der Waals surface area (Å²) in [6.07, 6.45) is 0.918. The first-order chi connectivity index (χ1) is 11.0. The zero-order chi connectivity index (χ0) is 16.8. The number of halogens is 3. The number of anilines is 1. The molecule has 0 heterocycles. The van der Waals surface area contributed by atoms with E-state index in [0.717, 1.165) is 11.3 Å². The minimum atomic E-state index is -0.134. The van der Waals surface area contributed by atoms with Crippen molar-refractivity contribution in [1.29, 1.82) is 0 Å². The highest BCUT2D eigenvalue weighted by molar-refractivity contribution is 6.43. The Morgan fingerprint density at radius 3 is 2.70 bits per heavy atom. The van der Waals surface area contributed by atoms with E-state index in [9.17, 15) is 4.79 Å². The van der Waals surface area contributed by atoms with E-state index in [1.807, 2.05) is 19.1 Å². The first-order valence-corrected chi connectivity index (χ1v) is 8.23. The molecule has 2 aromatic carbocycles. The molecule has 0 unspecified atom stereocenters. The number of aryl methyl sites for hydroxylation is 1. The number of hydrogen-bond donors (Lipinski definition) is 1. The Hall–Kier alpha value is -1.42. The van der Waals surface area contributed by atoms with Gasteiger partial charge in [0.2, 0.25) is 5.91 Å². The van der Waals surface area contributed by atoms with Gasteiger partial charge in [0.1, 0.15) is 5.75 Å². The van der Waals surface area contributed by atoms with E-state index in [2.05, 4.69) is 5.32 Å². The van der Waals surface area contributed by atoms with Gasteiger partial charge in [0.25, 0.3) is 0 Å². The van der Waals surface area contributed by atoms with Gasteiger partial charge in [-0.15, -0.1) is 0 Å². The molecule has 2 rings (SSSR count). The third kappa shape index (κ3) is 5.31. The molecule has 0 atom stereocenters. The molecule has 0 saturated carbocycles. The lowest BCUT2D eigenvalue weighted by atomic mass is 10.2. The van der Waals surface area contributed by atoms with E-state index >= 15 is 0 Å². The summed E-state index contributed by atoms with van der Waals surface area (Å²) < 4.78 is 5.65. The molecule has 0 aliphatic heterocycles. The summed E-state index contributed by atoms with van der Waals surface area (Å²) in [5, 5.41) is 4.17. The SMILES string of the molecule is Cc1cc(Cl)ccc1OCCCC(=O)Nc1cccc(Cl)c1Cl. The van der Waals surface area contributed by atoms with Crippen molar-refractivity contribution in [3.8, 4) is 5.75 Å². The number of carbonyl (C=O) groups excluding carboxylic acids is 1.